The molecular formula is C10H9N2Si. The molecule has 13 heavy (non-hydrogen) atoms. The minimum atomic E-state index is 0.590. The standard InChI is InChI=1S/C10H9N2Si/c1-6-4-8-7(5-9(6)13)2-3-12-10(8)11/h2-5H,1H3,(H2,11,12). The van der Waals surface area contributed by atoms with Gasteiger partial charge in [0.2, 0.25) is 0 Å². The van der Waals surface area contributed by atoms with E-state index in [4.69, 9.17) is 5.73 Å². The summed E-state index contributed by atoms with van der Waals surface area (Å²) < 4.78 is 0. The summed E-state index contributed by atoms with van der Waals surface area (Å²) in [6, 6.07) is 6.05. The third-order valence-electron chi connectivity index (χ3n) is 2.14. The summed E-state index contributed by atoms with van der Waals surface area (Å²) in [6.07, 6.45) is 1.72. The number of aryl methyl sites for hydroxylation is 1. The second-order valence-corrected chi connectivity index (χ2v) is 3.62. The van der Waals surface area contributed by atoms with Gasteiger partial charge in [0.15, 0.2) is 0 Å². The molecule has 0 unspecified atom stereocenters. The number of anilines is 1. The number of benzene rings is 1. The summed E-state index contributed by atoms with van der Waals surface area (Å²) in [5, 5.41) is 3.23. The van der Waals surface area contributed by atoms with Crippen molar-refractivity contribution in [2.75, 3.05) is 5.73 Å². The molecule has 2 nitrogen and oxygen atoms in total. The van der Waals surface area contributed by atoms with Crippen LogP contribution >= 0.6 is 0 Å². The van der Waals surface area contributed by atoms with E-state index in [1.807, 2.05) is 19.1 Å². The molecule has 1 aromatic heterocycles. The lowest BCUT2D eigenvalue weighted by Crippen LogP contribution is -2.06. The Balaban J connectivity index is 2.89. The average Bonchev–Trinajstić information content (AvgIpc) is 2.09. The van der Waals surface area contributed by atoms with Gasteiger partial charge in [0.05, 0.1) is 10.2 Å². The molecule has 2 aromatic rings. The number of hydrogen-bond donors (Lipinski definition) is 1. The van der Waals surface area contributed by atoms with Gasteiger partial charge in [-0.1, -0.05) is 16.8 Å². The summed E-state index contributed by atoms with van der Waals surface area (Å²) in [4.78, 5) is 4.04. The highest BCUT2D eigenvalue weighted by Crippen LogP contribution is 2.18. The summed E-state index contributed by atoms with van der Waals surface area (Å²) in [7, 11) is 3.53. The van der Waals surface area contributed by atoms with Crippen LogP contribution in [0.5, 0.6) is 0 Å². The molecule has 0 fully saturated rings. The van der Waals surface area contributed by atoms with Crippen LogP contribution in [0.25, 0.3) is 10.8 Å². The molecule has 0 amide bonds. The van der Waals surface area contributed by atoms with Crippen LogP contribution in [-0.2, 0) is 0 Å². The van der Waals surface area contributed by atoms with Crippen LogP contribution in [-0.4, -0.2) is 15.2 Å². The highest BCUT2D eigenvalue weighted by atomic mass is 28.1. The van der Waals surface area contributed by atoms with Crippen molar-refractivity contribution in [3.05, 3.63) is 30.0 Å². The van der Waals surface area contributed by atoms with E-state index in [0.29, 0.717) is 5.82 Å². The first-order chi connectivity index (χ1) is 6.18. The number of hydrogen-bond acceptors (Lipinski definition) is 2. The summed E-state index contributed by atoms with van der Waals surface area (Å²) in [6.45, 7) is 2.04. The lowest BCUT2D eigenvalue weighted by molar-refractivity contribution is 1.37. The molecule has 0 atom stereocenters. The fraction of sp³-hybridized carbons (Fsp3) is 0.100. The van der Waals surface area contributed by atoms with Crippen LogP contribution < -0.4 is 10.9 Å². The van der Waals surface area contributed by atoms with Gasteiger partial charge in [0.1, 0.15) is 5.82 Å². The molecule has 1 aromatic carbocycles. The van der Waals surface area contributed by atoms with Crippen LogP contribution in [0, 0.1) is 6.92 Å². The molecule has 1 heterocycles. The van der Waals surface area contributed by atoms with E-state index in [1.54, 1.807) is 6.20 Å². The minimum absolute atomic E-state index is 0.590. The summed E-state index contributed by atoms with van der Waals surface area (Å²) in [5.74, 6) is 0.590. The van der Waals surface area contributed by atoms with E-state index < -0.39 is 0 Å². The zero-order valence-corrected chi connectivity index (χ0v) is 8.33. The number of nitrogens with zero attached hydrogens (tertiary/aromatic N) is 1. The SMILES string of the molecule is Cc1cc2c(N)nccc2cc1[Si]. The first-order valence-corrected chi connectivity index (χ1v) is 4.55. The van der Waals surface area contributed by atoms with Crippen LogP contribution in [0.1, 0.15) is 5.56 Å². The zero-order chi connectivity index (χ0) is 9.42. The number of aromatic nitrogens is 1. The van der Waals surface area contributed by atoms with Gasteiger partial charge in [0.25, 0.3) is 0 Å². The second-order valence-electron chi connectivity index (χ2n) is 3.08. The first-order valence-electron chi connectivity index (χ1n) is 4.05. The van der Waals surface area contributed by atoms with Gasteiger partial charge in [-0.15, -0.1) is 0 Å². The third kappa shape index (κ3) is 1.31. The fourth-order valence-electron chi connectivity index (χ4n) is 1.35. The highest BCUT2D eigenvalue weighted by molar-refractivity contribution is 6.34. The van der Waals surface area contributed by atoms with Crippen molar-refractivity contribution in [3.63, 3.8) is 0 Å². The Labute approximate surface area is 80.2 Å². The van der Waals surface area contributed by atoms with Crippen LogP contribution in [0.4, 0.5) is 5.82 Å². The largest absolute Gasteiger partial charge is 0.383 e. The molecule has 63 valence electrons. The van der Waals surface area contributed by atoms with E-state index in [2.05, 4.69) is 21.3 Å². The predicted octanol–water partition coefficient (Wildman–Crippen LogP) is 0.919. The molecule has 0 bridgehead atoms. The molecule has 0 saturated heterocycles. The number of nitrogen functional groups attached to an aromatic ring is 1. The van der Waals surface area contributed by atoms with Crippen molar-refractivity contribution in [3.8, 4) is 0 Å². The Morgan fingerprint density at radius 3 is 2.92 bits per heavy atom. The molecule has 2 N–H and O–H groups in total. The normalized spacial score (nSPS) is 10.6. The second kappa shape index (κ2) is 2.85. The maximum absolute atomic E-state index is 5.75. The van der Waals surface area contributed by atoms with Crippen molar-refractivity contribution in [2.45, 2.75) is 6.92 Å². The summed E-state index contributed by atoms with van der Waals surface area (Å²) in [5.41, 5.74) is 6.92. The zero-order valence-electron chi connectivity index (χ0n) is 7.33. The molecule has 0 aliphatic heterocycles. The van der Waals surface area contributed by atoms with E-state index in [-0.39, 0.29) is 0 Å². The van der Waals surface area contributed by atoms with E-state index in [0.717, 1.165) is 16.0 Å². The molecule has 0 spiro atoms. The number of rotatable bonds is 0. The Hall–Kier alpha value is -1.35. The fourth-order valence-corrected chi connectivity index (χ4v) is 1.58. The highest BCUT2D eigenvalue weighted by Gasteiger charge is 2.00. The molecular weight excluding hydrogens is 176 g/mol. The van der Waals surface area contributed by atoms with Gasteiger partial charge in [0, 0.05) is 11.6 Å². The molecule has 0 saturated carbocycles. The van der Waals surface area contributed by atoms with Crippen molar-refractivity contribution in [1.29, 1.82) is 0 Å². The van der Waals surface area contributed by atoms with Crippen LogP contribution in [0.3, 0.4) is 0 Å². The van der Waals surface area contributed by atoms with Gasteiger partial charge in [-0.25, -0.2) is 4.98 Å². The number of nitrogens with two attached hydrogens (primary N) is 1. The van der Waals surface area contributed by atoms with Gasteiger partial charge in [-0.05, 0) is 24.4 Å². The van der Waals surface area contributed by atoms with Gasteiger partial charge >= 0.3 is 0 Å². The summed E-state index contributed by atoms with van der Waals surface area (Å²) >= 11 is 0. The van der Waals surface area contributed by atoms with Crippen LogP contribution in [0.2, 0.25) is 0 Å². The Morgan fingerprint density at radius 1 is 1.38 bits per heavy atom. The Bertz CT molecular complexity index is 466. The monoisotopic (exact) mass is 185 g/mol. The first kappa shape index (κ1) is 8.25. The van der Waals surface area contributed by atoms with Crippen LogP contribution in [0.15, 0.2) is 24.4 Å². The lowest BCUT2D eigenvalue weighted by atomic mass is 10.1. The van der Waals surface area contributed by atoms with E-state index in [9.17, 15) is 0 Å². The van der Waals surface area contributed by atoms with Crippen molar-refractivity contribution < 1.29 is 0 Å². The van der Waals surface area contributed by atoms with Crippen molar-refractivity contribution in [2.24, 2.45) is 0 Å². The maximum atomic E-state index is 5.75. The van der Waals surface area contributed by atoms with Crippen molar-refractivity contribution in [1.82, 2.24) is 4.98 Å². The number of pyridine rings is 1. The van der Waals surface area contributed by atoms with E-state index >= 15 is 0 Å². The molecule has 0 aliphatic rings. The maximum Gasteiger partial charge on any atom is 0.131 e. The third-order valence-corrected chi connectivity index (χ3v) is 2.68. The quantitative estimate of drug-likeness (QED) is 0.620. The molecule has 2 rings (SSSR count). The van der Waals surface area contributed by atoms with Gasteiger partial charge in [-0.2, -0.15) is 0 Å². The average molecular weight is 185 g/mol. The molecule has 0 aliphatic carbocycles. The lowest BCUT2D eigenvalue weighted by Gasteiger charge is -2.04. The van der Waals surface area contributed by atoms with Gasteiger partial charge in [-0.3, -0.25) is 0 Å². The van der Waals surface area contributed by atoms with Crippen molar-refractivity contribution >= 4 is 32.0 Å². The minimum Gasteiger partial charge on any atom is -0.383 e. The van der Waals surface area contributed by atoms with Gasteiger partial charge < -0.3 is 5.73 Å². The topological polar surface area (TPSA) is 38.9 Å². The molecule has 3 heteroatoms. The predicted molar refractivity (Wildman–Crippen MR) is 56.3 cm³/mol. The Kier molecular flexibility index (Phi) is 1.81. The van der Waals surface area contributed by atoms with E-state index in [1.165, 1.54) is 5.56 Å². The smallest absolute Gasteiger partial charge is 0.131 e. The molecule has 3 radical (unpaired) electrons. The number of fused-ring (bicyclic) bond motifs is 1. The Morgan fingerprint density at radius 2 is 2.15 bits per heavy atom.